The lowest BCUT2D eigenvalue weighted by molar-refractivity contribution is 0.475. The summed E-state index contributed by atoms with van der Waals surface area (Å²) in [6, 6.07) is 32.0. The summed E-state index contributed by atoms with van der Waals surface area (Å²) in [6.45, 7) is 2.03. The summed E-state index contributed by atoms with van der Waals surface area (Å²) in [5.41, 5.74) is 4.58. The van der Waals surface area contributed by atoms with Crippen LogP contribution in [0, 0.1) is 6.92 Å². The van der Waals surface area contributed by atoms with Crippen molar-refractivity contribution in [1.29, 1.82) is 0 Å². The first-order chi connectivity index (χ1) is 14.6. The highest BCUT2D eigenvalue weighted by Gasteiger charge is 2.19. The molecule has 0 heterocycles. The Morgan fingerprint density at radius 1 is 0.633 bits per heavy atom. The molecule has 148 valence electrons. The quantitative estimate of drug-likeness (QED) is 0.314. The minimum absolute atomic E-state index is 0.196. The molecule has 30 heavy (non-hydrogen) atoms. The molecule has 4 aromatic rings. The van der Waals surface area contributed by atoms with E-state index in [9.17, 15) is 10.2 Å². The molecule has 0 aliphatic carbocycles. The van der Waals surface area contributed by atoms with Gasteiger partial charge in [0.25, 0.3) is 0 Å². The van der Waals surface area contributed by atoms with Crippen molar-refractivity contribution < 1.29 is 10.2 Å². The predicted octanol–water partition coefficient (Wildman–Crippen LogP) is 6.32. The SMILES string of the molecule is Cc1ccccc1N=C(c1ccccc1)N(c1ccc(O)cc1)c1ccc(O)cc1. The number of hydrogen-bond acceptors (Lipinski definition) is 3. The topological polar surface area (TPSA) is 56.1 Å². The van der Waals surface area contributed by atoms with Gasteiger partial charge in [-0.2, -0.15) is 0 Å². The third-order valence-electron chi connectivity index (χ3n) is 4.80. The van der Waals surface area contributed by atoms with Gasteiger partial charge in [-0.3, -0.25) is 4.90 Å². The molecule has 0 spiro atoms. The van der Waals surface area contributed by atoms with E-state index in [4.69, 9.17) is 4.99 Å². The zero-order valence-electron chi connectivity index (χ0n) is 16.6. The minimum Gasteiger partial charge on any atom is -0.508 e. The Morgan fingerprint density at radius 3 is 1.67 bits per heavy atom. The van der Waals surface area contributed by atoms with Crippen LogP contribution in [0.2, 0.25) is 0 Å². The highest BCUT2D eigenvalue weighted by molar-refractivity contribution is 6.15. The van der Waals surface area contributed by atoms with Crippen LogP contribution in [0.5, 0.6) is 11.5 Å². The van der Waals surface area contributed by atoms with Gasteiger partial charge in [0.2, 0.25) is 0 Å². The van der Waals surface area contributed by atoms with Gasteiger partial charge in [-0.1, -0.05) is 48.5 Å². The van der Waals surface area contributed by atoms with Crippen LogP contribution in [0.1, 0.15) is 11.1 Å². The number of aliphatic imine (C=N–C) groups is 1. The fraction of sp³-hybridized carbons (Fsp3) is 0.0385. The lowest BCUT2D eigenvalue weighted by Gasteiger charge is -2.27. The summed E-state index contributed by atoms with van der Waals surface area (Å²) in [4.78, 5) is 7.06. The summed E-state index contributed by atoms with van der Waals surface area (Å²) in [7, 11) is 0. The normalized spacial score (nSPS) is 11.3. The second kappa shape index (κ2) is 8.53. The zero-order valence-corrected chi connectivity index (χ0v) is 16.6. The van der Waals surface area contributed by atoms with E-state index in [2.05, 4.69) is 0 Å². The van der Waals surface area contributed by atoms with Crippen LogP contribution >= 0.6 is 0 Å². The average molecular weight is 394 g/mol. The van der Waals surface area contributed by atoms with Crippen LogP contribution in [-0.4, -0.2) is 16.0 Å². The molecule has 0 bridgehead atoms. The van der Waals surface area contributed by atoms with Crippen molar-refractivity contribution in [2.75, 3.05) is 4.90 Å². The van der Waals surface area contributed by atoms with Crippen molar-refractivity contribution in [1.82, 2.24) is 0 Å². The van der Waals surface area contributed by atoms with Gasteiger partial charge in [0.15, 0.2) is 0 Å². The Kier molecular flexibility index (Phi) is 5.48. The molecule has 0 atom stereocenters. The fourth-order valence-electron chi connectivity index (χ4n) is 3.23. The monoisotopic (exact) mass is 394 g/mol. The molecule has 0 unspecified atom stereocenters. The zero-order chi connectivity index (χ0) is 20.9. The van der Waals surface area contributed by atoms with E-state index in [0.29, 0.717) is 0 Å². The number of nitrogens with zero attached hydrogens (tertiary/aromatic N) is 2. The minimum atomic E-state index is 0.196. The van der Waals surface area contributed by atoms with Crippen molar-refractivity contribution in [3.63, 3.8) is 0 Å². The van der Waals surface area contributed by atoms with E-state index in [-0.39, 0.29) is 11.5 Å². The molecule has 0 aliphatic rings. The number of aromatic hydroxyl groups is 2. The number of amidine groups is 1. The molecule has 0 fully saturated rings. The van der Waals surface area contributed by atoms with Crippen LogP contribution in [0.15, 0.2) is 108 Å². The number of para-hydroxylation sites is 1. The van der Waals surface area contributed by atoms with E-state index in [0.717, 1.165) is 34.0 Å². The highest BCUT2D eigenvalue weighted by Crippen LogP contribution is 2.32. The first-order valence-corrected chi connectivity index (χ1v) is 9.70. The van der Waals surface area contributed by atoms with E-state index in [1.807, 2.05) is 90.7 Å². The number of aryl methyl sites for hydroxylation is 1. The number of rotatable bonds is 4. The second-order valence-electron chi connectivity index (χ2n) is 6.96. The standard InChI is InChI=1S/C26H22N2O2/c1-19-7-5-6-10-25(19)27-26(20-8-3-2-4-9-20)28(21-11-15-23(29)16-12-21)22-13-17-24(30)18-14-22/h2-18,29-30H,1H3. The molecule has 0 aromatic heterocycles. The van der Waals surface area contributed by atoms with Gasteiger partial charge >= 0.3 is 0 Å². The maximum atomic E-state index is 9.79. The van der Waals surface area contributed by atoms with E-state index in [1.165, 1.54) is 0 Å². The molecule has 0 aliphatic heterocycles. The first kappa shape index (κ1) is 19.3. The number of benzene rings is 4. The van der Waals surface area contributed by atoms with E-state index >= 15 is 0 Å². The van der Waals surface area contributed by atoms with Crippen molar-refractivity contribution in [2.45, 2.75) is 6.92 Å². The lowest BCUT2D eigenvalue weighted by atomic mass is 10.1. The fourth-order valence-corrected chi connectivity index (χ4v) is 3.23. The van der Waals surface area contributed by atoms with Gasteiger partial charge in [-0.05, 0) is 67.1 Å². The van der Waals surface area contributed by atoms with Crippen molar-refractivity contribution in [3.8, 4) is 11.5 Å². The maximum absolute atomic E-state index is 9.79. The first-order valence-electron chi connectivity index (χ1n) is 9.70. The largest absolute Gasteiger partial charge is 0.508 e. The molecule has 4 nitrogen and oxygen atoms in total. The molecule has 0 amide bonds. The van der Waals surface area contributed by atoms with Crippen LogP contribution in [0.3, 0.4) is 0 Å². The molecule has 4 aromatic carbocycles. The van der Waals surface area contributed by atoms with Crippen LogP contribution in [0.25, 0.3) is 0 Å². The molecule has 0 radical (unpaired) electrons. The smallest absolute Gasteiger partial charge is 0.145 e. The Balaban J connectivity index is 1.96. The van der Waals surface area contributed by atoms with Crippen LogP contribution in [-0.2, 0) is 0 Å². The van der Waals surface area contributed by atoms with Gasteiger partial charge in [0, 0.05) is 16.9 Å². The Bertz CT molecular complexity index is 1110. The molecule has 4 rings (SSSR count). The van der Waals surface area contributed by atoms with Crippen molar-refractivity contribution in [2.24, 2.45) is 4.99 Å². The van der Waals surface area contributed by atoms with E-state index in [1.54, 1.807) is 24.3 Å². The molecule has 0 saturated heterocycles. The summed E-state index contributed by atoms with van der Waals surface area (Å²) in [6.07, 6.45) is 0. The van der Waals surface area contributed by atoms with Crippen molar-refractivity contribution in [3.05, 3.63) is 114 Å². The highest BCUT2D eigenvalue weighted by atomic mass is 16.3. The van der Waals surface area contributed by atoms with Crippen molar-refractivity contribution >= 4 is 22.9 Å². The van der Waals surface area contributed by atoms with Gasteiger partial charge in [0.1, 0.15) is 17.3 Å². The van der Waals surface area contributed by atoms with Crippen LogP contribution in [0.4, 0.5) is 17.1 Å². The third-order valence-corrected chi connectivity index (χ3v) is 4.80. The molecular weight excluding hydrogens is 372 g/mol. The van der Waals surface area contributed by atoms with Crippen LogP contribution < -0.4 is 4.90 Å². The Morgan fingerprint density at radius 2 is 1.13 bits per heavy atom. The lowest BCUT2D eigenvalue weighted by Crippen LogP contribution is -2.27. The number of phenols is 2. The van der Waals surface area contributed by atoms with Gasteiger partial charge in [-0.25, -0.2) is 4.99 Å². The molecule has 4 heteroatoms. The predicted molar refractivity (Wildman–Crippen MR) is 122 cm³/mol. The number of phenolic OH excluding ortho intramolecular Hbond substituents is 2. The Labute approximate surface area is 176 Å². The Hall–Kier alpha value is -4.05. The summed E-state index contributed by atoms with van der Waals surface area (Å²) in [5, 5.41) is 19.6. The summed E-state index contributed by atoms with van der Waals surface area (Å²) >= 11 is 0. The third kappa shape index (κ3) is 4.18. The summed E-state index contributed by atoms with van der Waals surface area (Å²) < 4.78 is 0. The average Bonchev–Trinajstić information content (AvgIpc) is 2.77. The number of hydrogen-bond donors (Lipinski definition) is 2. The molecule has 2 N–H and O–H groups in total. The second-order valence-corrected chi connectivity index (χ2v) is 6.96. The maximum Gasteiger partial charge on any atom is 0.145 e. The van der Waals surface area contributed by atoms with Gasteiger partial charge in [-0.15, -0.1) is 0 Å². The van der Waals surface area contributed by atoms with E-state index < -0.39 is 0 Å². The molecule has 0 saturated carbocycles. The summed E-state index contributed by atoms with van der Waals surface area (Å²) in [5.74, 6) is 1.13. The van der Waals surface area contributed by atoms with Gasteiger partial charge in [0.05, 0.1) is 5.69 Å². The molecular formula is C26H22N2O2. The van der Waals surface area contributed by atoms with Gasteiger partial charge < -0.3 is 10.2 Å². The number of anilines is 2.